The molecule has 1 aromatic heterocycles. The van der Waals surface area contributed by atoms with Gasteiger partial charge < -0.3 is 5.73 Å². The first-order valence-corrected chi connectivity index (χ1v) is 4.89. The van der Waals surface area contributed by atoms with Gasteiger partial charge in [-0.3, -0.25) is 5.10 Å². The summed E-state index contributed by atoms with van der Waals surface area (Å²) < 4.78 is 0. The topological polar surface area (TPSA) is 67.6 Å². The maximum atomic E-state index is 5.41. The zero-order chi connectivity index (χ0) is 9.68. The fourth-order valence-electron chi connectivity index (χ4n) is 1.09. The summed E-state index contributed by atoms with van der Waals surface area (Å²) in [6, 6.07) is 0. The SMILES string of the molecule is CCC(C)c1n[nH]c(CCCN)n1. The average Bonchev–Trinajstić information content (AvgIpc) is 2.62. The fourth-order valence-corrected chi connectivity index (χ4v) is 1.09. The van der Waals surface area contributed by atoms with Crippen molar-refractivity contribution in [2.75, 3.05) is 6.54 Å². The van der Waals surface area contributed by atoms with Gasteiger partial charge in [0, 0.05) is 12.3 Å². The van der Waals surface area contributed by atoms with Crippen LogP contribution in [0.1, 0.15) is 44.3 Å². The number of hydrogen-bond donors (Lipinski definition) is 2. The van der Waals surface area contributed by atoms with Gasteiger partial charge in [-0.1, -0.05) is 13.8 Å². The molecule has 0 aliphatic heterocycles. The van der Waals surface area contributed by atoms with Crippen LogP contribution in [-0.2, 0) is 6.42 Å². The van der Waals surface area contributed by atoms with Crippen molar-refractivity contribution in [2.24, 2.45) is 5.73 Å². The van der Waals surface area contributed by atoms with Crippen molar-refractivity contribution in [3.63, 3.8) is 0 Å². The van der Waals surface area contributed by atoms with E-state index in [0.29, 0.717) is 12.5 Å². The van der Waals surface area contributed by atoms with Crippen LogP contribution in [-0.4, -0.2) is 21.7 Å². The summed E-state index contributed by atoms with van der Waals surface area (Å²) in [4.78, 5) is 4.40. The van der Waals surface area contributed by atoms with Crippen molar-refractivity contribution in [3.8, 4) is 0 Å². The lowest BCUT2D eigenvalue weighted by Crippen LogP contribution is -2.01. The number of aryl methyl sites for hydroxylation is 1. The lowest BCUT2D eigenvalue weighted by Gasteiger charge is -1.99. The summed E-state index contributed by atoms with van der Waals surface area (Å²) in [5.41, 5.74) is 5.41. The Kier molecular flexibility index (Phi) is 3.89. The minimum Gasteiger partial charge on any atom is -0.330 e. The van der Waals surface area contributed by atoms with Crippen LogP contribution in [0, 0.1) is 0 Å². The highest BCUT2D eigenvalue weighted by Crippen LogP contribution is 2.13. The van der Waals surface area contributed by atoms with Crippen molar-refractivity contribution in [3.05, 3.63) is 11.6 Å². The Morgan fingerprint density at radius 1 is 1.54 bits per heavy atom. The third kappa shape index (κ3) is 2.81. The Morgan fingerprint density at radius 3 is 2.92 bits per heavy atom. The summed E-state index contributed by atoms with van der Waals surface area (Å²) in [6.45, 7) is 4.98. The van der Waals surface area contributed by atoms with Gasteiger partial charge in [0.2, 0.25) is 0 Å². The zero-order valence-electron chi connectivity index (χ0n) is 8.38. The summed E-state index contributed by atoms with van der Waals surface area (Å²) in [5, 5.41) is 7.10. The van der Waals surface area contributed by atoms with Crippen LogP contribution in [0.4, 0.5) is 0 Å². The molecule has 0 aliphatic carbocycles. The Morgan fingerprint density at radius 2 is 2.31 bits per heavy atom. The minimum atomic E-state index is 0.447. The van der Waals surface area contributed by atoms with Gasteiger partial charge in [-0.2, -0.15) is 5.10 Å². The van der Waals surface area contributed by atoms with Crippen LogP contribution in [0.5, 0.6) is 0 Å². The zero-order valence-corrected chi connectivity index (χ0v) is 8.38. The van der Waals surface area contributed by atoms with E-state index in [0.717, 1.165) is 30.9 Å². The van der Waals surface area contributed by atoms with Crippen molar-refractivity contribution in [1.82, 2.24) is 15.2 Å². The number of hydrogen-bond acceptors (Lipinski definition) is 3. The number of H-pyrrole nitrogens is 1. The molecule has 4 nitrogen and oxygen atoms in total. The average molecular weight is 182 g/mol. The largest absolute Gasteiger partial charge is 0.330 e. The van der Waals surface area contributed by atoms with E-state index in [1.54, 1.807) is 0 Å². The van der Waals surface area contributed by atoms with Crippen molar-refractivity contribution < 1.29 is 0 Å². The van der Waals surface area contributed by atoms with E-state index in [2.05, 4.69) is 29.0 Å². The van der Waals surface area contributed by atoms with E-state index in [1.807, 2.05) is 0 Å². The van der Waals surface area contributed by atoms with Crippen LogP contribution in [0.3, 0.4) is 0 Å². The van der Waals surface area contributed by atoms with Gasteiger partial charge in [-0.25, -0.2) is 4.98 Å². The molecule has 0 saturated carbocycles. The van der Waals surface area contributed by atoms with Gasteiger partial charge >= 0.3 is 0 Å². The predicted molar refractivity (Wildman–Crippen MR) is 52.5 cm³/mol. The second-order valence-corrected chi connectivity index (χ2v) is 3.34. The normalized spacial score (nSPS) is 13.2. The lowest BCUT2D eigenvalue weighted by atomic mass is 10.1. The first kappa shape index (κ1) is 10.2. The molecule has 0 spiro atoms. The molecule has 0 bridgehead atoms. The molecule has 0 amide bonds. The molecule has 13 heavy (non-hydrogen) atoms. The first-order chi connectivity index (χ1) is 6.27. The van der Waals surface area contributed by atoms with Crippen LogP contribution in [0.2, 0.25) is 0 Å². The molecule has 74 valence electrons. The minimum absolute atomic E-state index is 0.447. The number of aromatic nitrogens is 3. The fraction of sp³-hybridized carbons (Fsp3) is 0.778. The first-order valence-electron chi connectivity index (χ1n) is 4.89. The standard InChI is InChI=1S/C9H18N4/c1-3-7(2)9-11-8(12-13-9)5-4-6-10/h7H,3-6,10H2,1-2H3,(H,11,12,13). The molecule has 0 fully saturated rings. The van der Waals surface area contributed by atoms with Gasteiger partial charge in [0.1, 0.15) is 5.82 Å². The van der Waals surface area contributed by atoms with Gasteiger partial charge in [0.15, 0.2) is 5.82 Å². The summed E-state index contributed by atoms with van der Waals surface area (Å²) in [5.74, 6) is 2.33. The third-order valence-corrected chi connectivity index (χ3v) is 2.22. The van der Waals surface area contributed by atoms with Gasteiger partial charge in [-0.05, 0) is 19.4 Å². The Labute approximate surface area is 78.9 Å². The van der Waals surface area contributed by atoms with Crippen molar-refractivity contribution in [1.29, 1.82) is 0 Å². The van der Waals surface area contributed by atoms with Gasteiger partial charge in [0.05, 0.1) is 0 Å². The van der Waals surface area contributed by atoms with Gasteiger partial charge in [0.25, 0.3) is 0 Å². The van der Waals surface area contributed by atoms with Crippen molar-refractivity contribution in [2.45, 2.75) is 39.0 Å². The molecular formula is C9H18N4. The molecule has 1 atom stereocenters. The molecule has 4 heteroatoms. The Hall–Kier alpha value is -0.900. The summed E-state index contributed by atoms with van der Waals surface area (Å²) >= 11 is 0. The van der Waals surface area contributed by atoms with Crippen LogP contribution in [0.25, 0.3) is 0 Å². The number of nitrogens with two attached hydrogens (primary N) is 1. The molecule has 1 unspecified atom stereocenters. The van der Waals surface area contributed by atoms with E-state index in [1.165, 1.54) is 0 Å². The molecular weight excluding hydrogens is 164 g/mol. The van der Waals surface area contributed by atoms with E-state index >= 15 is 0 Å². The molecule has 0 radical (unpaired) electrons. The number of nitrogens with zero attached hydrogens (tertiary/aromatic N) is 2. The number of aromatic amines is 1. The molecule has 0 aromatic carbocycles. The van der Waals surface area contributed by atoms with E-state index in [9.17, 15) is 0 Å². The molecule has 1 heterocycles. The van der Waals surface area contributed by atoms with E-state index < -0.39 is 0 Å². The summed E-state index contributed by atoms with van der Waals surface area (Å²) in [7, 11) is 0. The molecule has 3 N–H and O–H groups in total. The lowest BCUT2D eigenvalue weighted by molar-refractivity contribution is 0.681. The van der Waals surface area contributed by atoms with E-state index in [-0.39, 0.29) is 0 Å². The number of rotatable bonds is 5. The quantitative estimate of drug-likeness (QED) is 0.719. The number of nitrogens with one attached hydrogen (secondary N) is 1. The van der Waals surface area contributed by atoms with Gasteiger partial charge in [-0.15, -0.1) is 0 Å². The van der Waals surface area contributed by atoms with E-state index in [4.69, 9.17) is 5.73 Å². The van der Waals surface area contributed by atoms with Crippen LogP contribution in [0.15, 0.2) is 0 Å². The smallest absolute Gasteiger partial charge is 0.153 e. The highest BCUT2D eigenvalue weighted by molar-refractivity contribution is 4.96. The maximum Gasteiger partial charge on any atom is 0.153 e. The molecule has 1 rings (SSSR count). The highest BCUT2D eigenvalue weighted by Gasteiger charge is 2.08. The Balaban J connectivity index is 2.53. The third-order valence-electron chi connectivity index (χ3n) is 2.22. The monoisotopic (exact) mass is 182 g/mol. The molecule has 0 aliphatic rings. The Bertz CT molecular complexity index is 244. The molecule has 0 saturated heterocycles. The second kappa shape index (κ2) is 4.97. The van der Waals surface area contributed by atoms with Crippen LogP contribution < -0.4 is 5.73 Å². The highest BCUT2D eigenvalue weighted by atomic mass is 15.2. The van der Waals surface area contributed by atoms with Crippen molar-refractivity contribution >= 4 is 0 Å². The maximum absolute atomic E-state index is 5.41. The molecule has 1 aromatic rings. The summed E-state index contributed by atoms with van der Waals surface area (Å²) in [6.07, 6.45) is 2.95. The second-order valence-electron chi connectivity index (χ2n) is 3.34. The predicted octanol–water partition coefficient (Wildman–Crippen LogP) is 1.21. The van der Waals surface area contributed by atoms with Crippen LogP contribution >= 0.6 is 0 Å².